The van der Waals surface area contributed by atoms with Crippen LogP contribution in [-0.2, 0) is 16.1 Å². The van der Waals surface area contributed by atoms with E-state index < -0.39 is 11.4 Å². The van der Waals surface area contributed by atoms with Crippen LogP contribution in [0.15, 0.2) is 34.1 Å². The third kappa shape index (κ3) is 5.67. The molecule has 0 bridgehead atoms. The fourth-order valence-corrected chi connectivity index (χ4v) is 6.03. The van der Waals surface area contributed by atoms with Crippen molar-refractivity contribution in [1.29, 1.82) is 0 Å². The van der Waals surface area contributed by atoms with E-state index in [4.69, 9.17) is 4.74 Å². The molecule has 3 unspecified atom stereocenters. The topological polar surface area (TPSA) is 35.5 Å². The van der Waals surface area contributed by atoms with E-state index in [2.05, 4.69) is 23.6 Å². The zero-order chi connectivity index (χ0) is 17.4. The molecular weight excluding hydrogens is 338 g/mol. The molecule has 0 radical (unpaired) electrons. The minimum atomic E-state index is -1.03. The van der Waals surface area contributed by atoms with Crippen LogP contribution < -0.4 is 0 Å². The fourth-order valence-electron chi connectivity index (χ4n) is 3.18. The van der Waals surface area contributed by atoms with Crippen molar-refractivity contribution < 1.29 is 9.29 Å². The van der Waals surface area contributed by atoms with Gasteiger partial charge in [0.1, 0.15) is 0 Å². The van der Waals surface area contributed by atoms with Crippen LogP contribution in [0, 0.1) is 11.8 Å². The second-order valence-corrected chi connectivity index (χ2v) is 9.37. The number of hydrogen-bond donors (Lipinski definition) is 0. The molecule has 1 aliphatic rings. The van der Waals surface area contributed by atoms with Gasteiger partial charge in [-0.05, 0) is 30.4 Å². The molecular formula is C19H31NO2S2. The predicted molar refractivity (Wildman–Crippen MR) is 103 cm³/mol. The van der Waals surface area contributed by atoms with Crippen molar-refractivity contribution in [3.05, 3.63) is 24.3 Å². The number of nitrogens with zero attached hydrogens (tertiary/aromatic N) is 1. The molecule has 1 aromatic carbocycles. The summed E-state index contributed by atoms with van der Waals surface area (Å²) in [5.41, 5.74) is 0. The Hall–Kier alpha value is -0.200. The molecule has 0 aliphatic carbocycles. The summed E-state index contributed by atoms with van der Waals surface area (Å²) in [6.45, 7) is 6.15. The second kappa shape index (κ2) is 10.7. The highest BCUT2D eigenvalue weighted by Gasteiger charge is 2.37. The minimum absolute atomic E-state index is 0.488. The van der Waals surface area contributed by atoms with E-state index in [9.17, 15) is 4.55 Å². The van der Waals surface area contributed by atoms with Crippen LogP contribution in [-0.4, -0.2) is 28.5 Å². The molecule has 0 fully saturated rings. The van der Waals surface area contributed by atoms with Gasteiger partial charge in [0.25, 0.3) is 0 Å². The first-order valence-corrected chi connectivity index (χ1v) is 11.0. The number of rotatable bonds is 11. The molecule has 0 spiro atoms. The van der Waals surface area contributed by atoms with E-state index in [-0.39, 0.29) is 0 Å². The molecule has 0 N–H and O–H groups in total. The summed E-state index contributed by atoms with van der Waals surface area (Å²) in [6.07, 6.45) is 7.71. The fraction of sp³-hybridized carbons (Fsp3) is 0.684. The summed E-state index contributed by atoms with van der Waals surface area (Å²) >= 11 is 0.616. The van der Waals surface area contributed by atoms with Crippen LogP contribution in [0.5, 0.6) is 0 Å². The van der Waals surface area contributed by atoms with E-state index in [1.807, 2.05) is 18.2 Å². The third-order valence-corrected chi connectivity index (χ3v) is 7.63. The molecule has 3 nitrogen and oxygen atoms in total. The quantitative estimate of drug-likeness (QED) is 0.301. The minimum Gasteiger partial charge on any atom is -0.592 e. The lowest BCUT2D eigenvalue weighted by Crippen LogP contribution is -2.31. The van der Waals surface area contributed by atoms with Gasteiger partial charge in [-0.25, -0.2) is 0 Å². The van der Waals surface area contributed by atoms with Gasteiger partial charge in [0.2, 0.25) is 0 Å². The molecule has 3 atom stereocenters. The van der Waals surface area contributed by atoms with E-state index in [1.165, 1.54) is 38.5 Å². The molecule has 0 saturated heterocycles. The van der Waals surface area contributed by atoms with Gasteiger partial charge in [0.05, 0.1) is 22.8 Å². The first-order valence-electron chi connectivity index (χ1n) is 9.12. The highest BCUT2D eigenvalue weighted by atomic mass is 32.3. The molecule has 1 heterocycles. The number of methoxy groups -OCH3 is 1. The molecule has 0 aromatic heterocycles. The monoisotopic (exact) mass is 369 g/mol. The zero-order valence-corrected chi connectivity index (χ0v) is 16.8. The maximum Gasteiger partial charge on any atom is 0.190 e. The number of hydrogen-bond acceptors (Lipinski definition) is 4. The zero-order valence-electron chi connectivity index (χ0n) is 15.2. The summed E-state index contributed by atoms with van der Waals surface area (Å²) in [5.74, 6) is 1.01. The van der Waals surface area contributed by atoms with Crippen molar-refractivity contribution >= 4 is 23.3 Å². The number of benzene rings is 1. The standard InChI is InChI=1S/C19H31NO2S2/c1-4-5-6-7-8-11-17(16(2)15-22-3)14-20-23-18-12-9-10-13-19(18)24(20)21/h9-10,12-13,16-17H,4-8,11,14-15H2,1-3H3. The maximum absolute atomic E-state index is 12.7. The summed E-state index contributed by atoms with van der Waals surface area (Å²) in [5, 5.41) is 0. The van der Waals surface area contributed by atoms with E-state index >= 15 is 0 Å². The van der Waals surface area contributed by atoms with Gasteiger partial charge >= 0.3 is 0 Å². The van der Waals surface area contributed by atoms with Crippen molar-refractivity contribution in [2.75, 3.05) is 20.3 Å². The van der Waals surface area contributed by atoms with Gasteiger partial charge in [-0.1, -0.05) is 61.8 Å². The summed E-state index contributed by atoms with van der Waals surface area (Å²) in [4.78, 5) is 2.10. The SMILES string of the molecule is CCCCCCCC(CN1Sc2ccccc2[S+]1[O-])C(C)COC. The lowest BCUT2D eigenvalue weighted by atomic mass is 9.89. The smallest absolute Gasteiger partial charge is 0.190 e. The van der Waals surface area contributed by atoms with Crippen molar-refractivity contribution in [3.8, 4) is 0 Å². The van der Waals surface area contributed by atoms with Crippen molar-refractivity contribution in [2.24, 2.45) is 11.8 Å². The highest BCUT2D eigenvalue weighted by molar-refractivity contribution is 8.11. The Morgan fingerprint density at radius 1 is 1.21 bits per heavy atom. The predicted octanol–water partition coefficient (Wildman–Crippen LogP) is 5.29. The molecule has 2 rings (SSSR count). The average Bonchev–Trinajstić information content (AvgIpc) is 2.90. The van der Waals surface area contributed by atoms with Crippen LogP contribution in [0.25, 0.3) is 0 Å². The van der Waals surface area contributed by atoms with E-state index in [0.717, 1.165) is 22.9 Å². The normalized spacial score (nSPS) is 20.1. The summed E-state index contributed by atoms with van der Waals surface area (Å²) < 4.78 is 20.2. The molecule has 0 amide bonds. The molecule has 1 aromatic rings. The summed E-state index contributed by atoms with van der Waals surface area (Å²) in [7, 11) is 1.77. The van der Waals surface area contributed by atoms with E-state index in [1.54, 1.807) is 19.1 Å². The molecule has 136 valence electrons. The Balaban J connectivity index is 1.90. The van der Waals surface area contributed by atoms with Crippen molar-refractivity contribution in [2.45, 2.75) is 62.2 Å². The van der Waals surface area contributed by atoms with Gasteiger partial charge in [-0.15, -0.1) is 0 Å². The molecule has 24 heavy (non-hydrogen) atoms. The van der Waals surface area contributed by atoms with Gasteiger partial charge < -0.3 is 9.29 Å². The van der Waals surface area contributed by atoms with E-state index in [0.29, 0.717) is 11.8 Å². The van der Waals surface area contributed by atoms with Gasteiger partial charge in [-0.3, -0.25) is 0 Å². The maximum atomic E-state index is 12.7. The largest absolute Gasteiger partial charge is 0.592 e. The first kappa shape index (κ1) is 20.1. The van der Waals surface area contributed by atoms with Crippen LogP contribution in [0.3, 0.4) is 0 Å². The average molecular weight is 370 g/mol. The number of fused-ring (bicyclic) bond motifs is 1. The Labute approximate surface area is 155 Å². The summed E-state index contributed by atoms with van der Waals surface area (Å²) in [6, 6.07) is 8.04. The number of ether oxygens (including phenoxy) is 1. The van der Waals surface area contributed by atoms with Crippen LogP contribution >= 0.6 is 11.9 Å². The molecule has 1 aliphatic heterocycles. The number of unbranched alkanes of at least 4 members (excludes halogenated alkanes) is 4. The Bertz CT molecular complexity index is 486. The molecule has 0 saturated carbocycles. The van der Waals surface area contributed by atoms with Crippen LogP contribution in [0.1, 0.15) is 52.4 Å². The lowest BCUT2D eigenvalue weighted by molar-refractivity contribution is 0.122. The Morgan fingerprint density at radius 2 is 1.96 bits per heavy atom. The van der Waals surface area contributed by atoms with Gasteiger partial charge in [0, 0.05) is 25.7 Å². The lowest BCUT2D eigenvalue weighted by Gasteiger charge is -2.26. The van der Waals surface area contributed by atoms with Crippen molar-refractivity contribution in [3.63, 3.8) is 0 Å². The second-order valence-electron chi connectivity index (χ2n) is 6.70. The van der Waals surface area contributed by atoms with Gasteiger partial charge in [0.15, 0.2) is 4.90 Å². The van der Waals surface area contributed by atoms with Gasteiger partial charge in [-0.2, -0.15) is 0 Å². The molecule has 5 heteroatoms. The van der Waals surface area contributed by atoms with Crippen LogP contribution in [0.4, 0.5) is 0 Å². The van der Waals surface area contributed by atoms with Crippen LogP contribution in [0.2, 0.25) is 0 Å². The Kier molecular flexibility index (Phi) is 8.98. The Morgan fingerprint density at radius 3 is 2.67 bits per heavy atom. The first-order chi connectivity index (χ1) is 11.7. The van der Waals surface area contributed by atoms with Crippen molar-refractivity contribution in [1.82, 2.24) is 3.71 Å². The highest BCUT2D eigenvalue weighted by Crippen LogP contribution is 2.42. The third-order valence-electron chi connectivity index (χ3n) is 4.72.